The Labute approximate surface area is 152 Å². The number of nitro groups is 1. The molecule has 0 aromatic carbocycles. The second-order valence-corrected chi connectivity index (χ2v) is 6.18. The number of rotatable bonds is 8. The molecule has 2 heterocycles. The van der Waals surface area contributed by atoms with Crippen molar-refractivity contribution in [2.24, 2.45) is 0 Å². The third kappa shape index (κ3) is 5.00. The second-order valence-electron chi connectivity index (χ2n) is 6.18. The largest absolute Gasteiger partial charge is 0.379 e. The molecule has 0 aliphatic carbocycles. The number of carbonyl (C=O) groups excluding carboxylic acids is 1. The van der Waals surface area contributed by atoms with Crippen LogP contribution in [-0.2, 0) is 16.1 Å². The molecule has 0 saturated carbocycles. The predicted octanol–water partition coefficient (Wildman–Crippen LogP) is 0.483. The number of aromatic nitrogens is 2. The van der Waals surface area contributed by atoms with E-state index in [-0.39, 0.29) is 30.3 Å². The van der Waals surface area contributed by atoms with E-state index in [4.69, 9.17) is 10.00 Å². The minimum Gasteiger partial charge on any atom is -0.379 e. The first-order valence-corrected chi connectivity index (χ1v) is 8.57. The minimum absolute atomic E-state index is 0.0605. The highest BCUT2D eigenvalue weighted by atomic mass is 16.6. The molecular weight excluding hydrogens is 340 g/mol. The lowest BCUT2D eigenvalue weighted by molar-refractivity contribution is -0.386. The maximum Gasteiger partial charge on any atom is 0.312 e. The number of ether oxygens (including phenoxy) is 1. The molecule has 1 fully saturated rings. The number of aryl methyl sites for hydroxylation is 1. The van der Waals surface area contributed by atoms with E-state index in [9.17, 15) is 14.9 Å². The molecule has 0 bridgehead atoms. The lowest BCUT2D eigenvalue weighted by Crippen LogP contribution is -2.44. The maximum absolute atomic E-state index is 12.7. The van der Waals surface area contributed by atoms with Gasteiger partial charge in [-0.3, -0.25) is 24.5 Å². The lowest BCUT2D eigenvalue weighted by atomic mass is 10.3. The Balaban J connectivity index is 2.02. The van der Waals surface area contributed by atoms with Gasteiger partial charge in [0, 0.05) is 32.7 Å². The molecule has 1 aliphatic rings. The van der Waals surface area contributed by atoms with Gasteiger partial charge in [0.2, 0.25) is 5.91 Å². The predicted molar refractivity (Wildman–Crippen MR) is 92.4 cm³/mol. The van der Waals surface area contributed by atoms with E-state index in [1.807, 2.05) is 0 Å². The fraction of sp³-hybridized carbons (Fsp3) is 0.688. The molecule has 0 N–H and O–H groups in total. The Morgan fingerprint density at radius 2 is 2.08 bits per heavy atom. The molecule has 10 nitrogen and oxygen atoms in total. The summed E-state index contributed by atoms with van der Waals surface area (Å²) in [4.78, 5) is 27.1. The first-order valence-electron chi connectivity index (χ1n) is 8.57. The van der Waals surface area contributed by atoms with E-state index in [2.05, 4.69) is 16.1 Å². The molecule has 1 aliphatic heterocycles. The topological polar surface area (TPSA) is 118 Å². The molecule has 0 atom stereocenters. The number of nitriles is 1. The first-order chi connectivity index (χ1) is 12.4. The molecule has 26 heavy (non-hydrogen) atoms. The molecule has 142 valence electrons. The molecule has 1 saturated heterocycles. The Morgan fingerprint density at radius 1 is 1.38 bits per heavy atom. The van der Waals surface area contributed by atoms with Gasteiger partial charge in [0.15, 0.2) is 0 Å². The highest BCUT2D eigenvalue weighted by molar-refractivity contribution is 5.76. The van der Waals surface area contributed by atoms with Gasteiger partial charge in [-0.2, -0.15) is 10.4 Å². The smallest absolute Gasteiger partial charge is 0.312 e. The van der Waals surface area contributed by atoms with Crippen molar-refractivity contribution in [3.05, 3.63) is 21.5 Å². The van der Waals surface area contributed by atoms with Crippen LogP contribution in [0.3, 0.4) is 0 Å². The molecule has 1 amide bonds. The zero-order valence-electron chi connectivity index (χ0n) is 15.2. The number of morpholine rings is 1. The number of nitrogens with zero attached hydrogens (tertiary/aromatic N) is 6. The standard InChI is InChI=1S/C16H24N6O4/c1-13-16(22(24)25)14(2)21(18-13)12-15(23)20(5-3-4-17)7-6-19-8-10-26-11-9-19/h3,5-12H2,1-2H3. The van der Waals surface area contributed by atoms with Crippen LogP contribution in [0.2, 0.25) is 0 Å². The number of hydrogen-bond donors (Lipinski definition) is 0. The van der Waals surface area contributed by atoms with Gasteiger partial charge in [-0.25, -0.2) is 0 Å². The van der Waals surface area contributed by atoms with Gasteiger partial charge in [0.1, 0.15) is 17.9 Å². The van der Waals surface area contributed by atoms with Crippen LogP contribution in [0, 0.1) is 35.3 Å². The van der Waals surface area contributed by atoms with Gasteiger partial charge >= 0.3 is 5.69 Å². The third-order valence-corrected chi connectivity index (χ3v) is 4.45. The van der Waals surface area contributed by atoms with Crippen LogP contribution in [-0.4, -0.2) is 76.3 Å². The van der Waals surface area contributed by atoms with Gasteiger partial charge < -0.3 is 9.64 Å². The zero-order valence-corrected chi connectivity index (χ0v) is 15.2. The van der Waals surface area contributed by atoms with Gasteiger partial charge in [-0.15, -0.1) is 0 Å². The van der Waals surface area contributed by atoms with E-state index in [1.54, 1.807) is 18.7 Å². The van der Waals surface area contributed by atoms with E-state index in [0.717, 1.165) is 13.1 Å². The molecule has 0 unspecified atom stereocenters. The van der Waals surface area contributed by atoms with Gasteiger partial charge in [0.05, 0.1) is 30.6 Å². The summed E-state index contributed by atoms with van der Waals surface area (Å²) >= 11 is 0. The first kappa shape index (κ1) is 19.8. The average molecular weight is 364 g/mol. The summed E-state index contributed by atoms with van der Waals surface area (Å²) in [6.07, 6.45) is 0.242. The summed E-state index contributed by atoms with van der Waals surface area (Å²) in [7, 11) is 0. The summed E-state index contributed by atoms with van der Waals surface area (Å²) in [5.41, 5.74) is 0.584. The van der Waals surface area contributed by atoms with Crippen molar-refractivity contribution in [3.63, 3.8) is 0 Å². The normalized spacial score (nSPS) is 14.8. The van der Waals surface area contributed by atoms with E-state index in [1.165, 1.54) is 4.68 Å². The third-order valence-electron chi connectivity index (χ3n) is 4.45. The van der Waals surface area contributed by atoms with Gasteiger partial charge in [0.25, 0.3) is 0 Å². The Bertz CT molecular complexity index is 690. The monoisotopic (exact) mass is 364 g/mol. The molecule has 0 radical (unpaired) electrons. The van der Waals surface area contributed by atoms with Crippen LogP contribution in [0.15, 0.2) is 0 Å². The average Bonchev–Trinajstić information content (AvgIpc) is 2.89. The SMILES string of the molecule is Cc1nn(CC(=O)N(CCC#N)CCN2CCOCC2)c(C)c1[N+](=O)[O-]. The van der Waals surface area contributed by atoms with E-state index >= 15 is 0 Å². The maximum atomic E-state index is 12.7. The Morgan fingerprint density at radius 3 is 2.65 bits per heavy atom. The molecular formula is C16H24N6O4. The minimum atomic E-state index is -0.482. The quantitative estimate of drug-likeness (QED) is 0.486. The van der Waals surface area contributed by atoms with E-state index < -0.39 is 4.92 Å². The summed E-state index contributed by atoms with van der Waals surface area (Å²) in [5, 5.41) is 24.1. The van der Waals surface area contributed by atoms with Gasteiger partial charge in [-0.1, -0.05) is 0 Å². The summed E-state index contributed by atoms with van der Waals surface area (Å²) < 4.78 is 6.68. The van der Waals surface area contributed by atoms with Crippen molar-refractivity contribution < 1.29 is 14.5 Å². The number of carbonyl (C=O) groups is 1. The van der Waals surface area contributed by atoms with Crippen molar-refractivity contribution in [2.45, 2.75) is 26.8 Å². The second kappa shape index (κ2) is 9.26. The lowest BCUT2D eigenvalue weighted by Gasteiger charge is -2.30. The van der Waals surface area contributed by atoms with Crippen LogP contribution < -0.4 is 0 Å². The molecule has 1 aromatic heterocycles. The molecule has 1 aromatic rings. The fourth-order valence-electron chi connectivity index (χ4n) is 2.97. The molecule has 0 spiro atoms. The van der Waals surface area contributed by atoms with Crippen LogP contribution in [0.4, 0.5) is 5.69 Å². The summed E-state index contributed by atoms with van der Waals surface area (Å²) in [6, 6.07) is 2.06. The molecule has 10 heteroatoms. The van der Waals surface area contributed by atoms with Crippen molar-refractivity contribution >= 4 is 11.6 Å². The summed E-state index contributed by atoms with van der Waals surface area (Å²) in [6.45, 7) is 7.61. The highest BCUT2D eigenvalue weighted by Crippen LogP contribution is 2.21. The number of hydrogen-bond acceptors (Lipinski definition) is 7. The van der Waals surface area contributed by atoms with Crippen LogP contribution >= 0.6 is 0 Å². The Kier molecular flexibility index (Phi) is 7.06. The number of amides is 1. The Hall–Kier alpha value is -2.51. The van der Waals surface area contributed by atoms with Crippen LogP contribution in [0.1, 0.15) is 17.8 Å². The zero-order chi connectivity index (χ0) is 19.1. The fourth-order valence-corrected chi connectivity index (χ4v) is 2.97. The summed E-state index contributed by atoms with van der Waals surface area (Å²) in [5.74, 6) is -0.200. The highest BCUT2D eigenvalue weighted by Gasteiger charge is 2.24. The van der Waals surface area contributed by atoms with Crippen molar-refractivity contribution in [3.8, 4) is 6.07 Å². The van der Waals surface area contributed by atoms with Crippen molar-refractivity contribution in [2.75, 3.05) is 45.9 Å². The van der Waals surface area contributed by atoms with Crippen LogP contribution in [0.25, 0.3) is 0 Å². The van der Waals surface area contributed by atoms with Crippen LogP contribution in [0.5, 0.6) is 0 Å². The van der Waals surface area contributed by atoms with E-state index in [0.29, 0.717) is 38.5 Å². The van der Waals surface area contributed by atoms with Crippen molar-refractivity contribution in [1.82, 2.24) is 19.6 Å². The van der Waals surface area contributed by atoms with Gasteiger partial charge in [-0.05, 0) is 13.8 Å². The molecule has 2 rings (SSSR count). The van der Waals surface area contributed by atoms with Crippen molar-refractivity contribution in [1.29, 1.82) is 5.26 Å².